The summed E-state index contributed by atoms with van der Waals surface area (Å²) in [5.41, 5.74) is -0.408. The van der Waals surface area contributed by atoms with E-state index in [0.29, 0.717) is 47.8 Å². The van der Waals surface area contributed by atoms with Gasteiger partial charge in [0.15, 0.2) is 5.54 Å². The first kappa shape index (κ1) is 24.0. The maximum Gasteiger partial charge on any atom is 0.296 e. The Balaban J connectivity index is 1.99. The van der Waals surface area contributed by atoms with Crippen LogP contribution >= 0.6 is 11.6 Å². The third-order valence-corrected chi connectivity index (χ3v) is 6.61. The number of carbonyl (C=O) groups is 3. The summed E-state index contributed by atoms with van der Waals surface area (Å²) in [5.74, 6) is -2.42. The van der Waals surface area contributed by atoms with Gasteiger partial charge in [0.25, 0.3) is 17.6 Å². The maximum atomic E-state index is 14.2. The Morgan fingerprint density at radius 2 is 1.71 bits per heavy atom. The van der Waals surface area contributed by atoms with Crippen LogP contribution in [0.2, 0.25) is 5.02 Å². The van der Waals surface area contributed by atoms with Crippen molar-refractivity contribution < 1.29 is 19.5 Å². The van der Waals surface area contributed by atoms with E-state index in [1.54, 1.807) is 41.3 Å². The maximum absolute atomic E-state index is 14.2. The van der Waals surface area contributed by atoms with E-state index in [1.165, 1.54) is 4.90 Å². The number of carbonyl (C=O) groups excluding carboxylic acids is 3. The predicted octanol–water partition coefficient (Wildman–Crippen LogP) is 3.62. The smallest absolute Gasteiger partial charge is 0.296 e. The molecule has 2 aromatic carbocycles. The fraction of sp³-hybridized carbons (Fsp3) is 0.346. The average Bonchev–Trinajstić information content (AvgIpc) is 3.18. The highest BCUT2D eigenvalue weighted by Crippen LogP contribution is 2.53. The highest BCUT2D eigenvalue weighted by Gasteiger charge is 2.66. The van der Waals surface area contributed by atoms with Gasteiger partial charge >= 0.3 is 0 Å². The molecule has 1 spiro atoms. The summed E-state index contributed by atoms with van der Waals surface area (Å²) in [7, 11) is 3.84. The van der Waals surface area contributed by atoms with Crippen LogP contribution in [0.3, 0.4) is 0 Å². The van der Waals surface area contributed by atoms with E-state index in [0.717, 1.165) is 0 Å². The minimum atomic E-state index is -1.71. The largest absolute Gasteiger partial charge is 0.507 e. The second-order valence-electron chi connectivity index (χ2n) is 8.86. The number of aliphatic hydroxyl groups excluding tert-OH is 1. The summed E-state index contributed by atoms with van der Waals surface area (Å²) < 4.78 is 0. The molecule has 1 fully saturated rings. The Hall–Kier alpha value is -3.16. The number of nitrogens with zero attached hydrogens (tertiary/aromatic N) is 3. The molecule has 178 valence electrons. The normalized spacial score (nSPS) is 21.3. The molecule has 1 N–H and O–H groups in total. The Morgan fingerprint density at radius 3 is 2.35 bits per heavy atom. The molecule has 2 amide bonds. The van der Waals surface area contributed by atoms with Crippen molar-refractivity contribution in [2.24, 2.45) is 0 Å². The van der Waals surface area contributed by atoms with Crippen LogP contribution in [0, 0.1) is 0 Å². The summed E-state index contributed by atoms with van der Waals surface area (Å²) in [6, 6.07) is 13.5. The van der Waals surface area contributed by atoms with Crippen LogP contribution in [-0.4, -0.2) is 66.2 Å². The molecule has 8 heteroatoms. The van der Waals surface area contributed by atoms with Crippen molar-refractivity contribution in [3.8, 4) is 0 Å². The summed E-state index contributed by atoms with van der Waals surface area (Å²) in [5, 5.41) is 11.8. The lowest BCUT2D eigenvalue weighted by Gasteiger charge is -2.34. The number of benzene rings is 2. The van der Waals surface area contributed by atoms with Gasteiger partial charge in [-0.25, -0.2) is 0 Å². The van der Waals surface area contributed by atoms with Gasteiger partial charge in [-0.1, -0.05) is 36.7 Å². The topological polar surface area (TPSA) is 81.2 Å². The first-order valence-electron chi connectivity index (χ1n) is 11.4. The van der Waals surface area contributed by atoms with Crippen LogP contribution in [0.15, 0.2) is 54.1 Å². The molecule has 1 saturated heterocycles. The molecule has 0 aromatic heterocycles. The monoisotopic (exact) mass is 481 g/mol. The van der Waals surface area contributed by atoms with E-state index >= 15 is 0 Å². The zero-order valence-electron chi connectivity index (χ0n) is 19.5. The van der Waals surface area contributed by atoms with Crippen LogP contribution in [0.5, 0.6) is 0 Å². The van der Waals surface area contributed by atoms with Gasteiger partial charge in [0.1, 0.15) is 5.76 Å². The lowest BCUT2D eigenvalue weighted by Crippen LogP contribution is -2.52. The van der Waals surface area contributed by atoms with Gasteiger partial charge < -0.3 is 19.8 Å². The van der Waals surface area contributed by atoms with Crippen molar-refractivity contribution in [1.29, 1.82) is 0 Å². The third-order valence-electron chi connectivity index (χ3n) is 6.36. The number of Topliss-reactive ketones (excluding diaryl/α,β-unsaturated/α-hetero) is 1. The number of fused-ring (bicyclic) bond motifs is 2. The SMILES string of the molecule is CCCN1C(=O)[C@@]2(C(=C(O)c3ccc(Cl)cc3)C(=O)C(=O)N2CCCN(C)C)c2ccccc21. The molecule has 34 heavy (non-hydrogen) atoms. The number of halogens is 1. The van der Waals surface area contributed by atoms with E-state index in [2.05, 4.69) is 0 Å². The number of hydrogen-bond donors (Lipinski definition) is 1. The van der Waals surface area contributed by atoms with Gasteiger partial charge in [-0.15, -0.1) is 0 Å². The van der Waals surface area contributed by atoms with Gasteiger partial charge in [-0.2, -0.15) is 0 Å². The zero-order valence-corrected chi connectivity index (χ0v) is 20.3. The van der Waals surface area contributed by atoms with Crippen molar-refractivity contribution in [2.75, 3.05) is 38.6 Å². The fourth-order valence-corrected chi connectivity index (χ4v) is 5.04. The first-order chi connectivity index (χ1) is 16.2. The molecule has 1 atom stereocenters. The van der Waals surface area contributed by atoms with Gasteiger partial charge in [-0.05, 0) is 63.8 Å². The lowest BCUT2D eigenvalue weighted by molar-refractivity contribution is -0.143. The second-order valence-corrected chi connectivity index (χ2v) is 9.29. The molecule has 7 nitrogen and oxygen atoms in total. The number of rotatable bonds is 7. The highest BCUT2D eigenvalue weighted by atomic mass is 35.5. The molecule has 0 bridgehead atoms. The minimum Gasteiger partial charge on any atom is -0.507 e. The molecule has 0 aliphatic carbocycles. The van der Waals surface area contributed by atoms with Crippen LogP contribution in [0.25, 0.3) is 5.76 Å². The van der Waals surface area contributed by atoms with Crippen molar-refractivity contribution in [2.45, 2.75) is 25.3 Å². The Kier molecular flexibility index (Phi) is 6.51. The van der Waals surface area contributed by atoms with Crippen molar-refractivity contribution in [3.63, 3.8) is 0 Å². The summed E-state index contributed by atoms with van der Waals surface area (Å²) in [6.07, 6.45) is 1.26. The molecule has 2 heterocycles. The molecular formula is C26H28ClN3O4. The van der Waals surface area contributed by atoms with Crippen LogP contribution in [0.4, 0.5) is 5.69 Å². The Bertz CT molecular complexity index is 1170. The molecule has 2 aromatic rings. The third kappa shape index (κ3) is 3.60. The number of para-hydroxylation sites is 1. The summed E-state index contributed by atoms with van der Waals surface area (Å²) in [6.45, 7) is 3.26. The fourth-order valence-electron chi connectivity index (χ4n) is 4.91. The Morgan fingerprint density at radius 1 is 1.03 bits per heavy atom. The molecule has 2 aliphatic heterocycles. The molecular weight excluding hydrogens is 454 g/mol. The summed E-state index contributed by atoms with van der Waals surface area (Å²) >= 11 is 6.01. The Labute approximate surface area is 204 Å². The number of ketones is 1. The van der Waals surface area contributed by atoms with E-state index in [9.17, 15) is 19.5 Å². The number of hydrogen-bond acceptors (Lipinski definition) is 5. The number of amides is 2. The zero-order chi connectivity index (χ0) is 24.6. The minimum absolute atomic E-state index is 0.194. The standard InChI is InChI=1S/C26H28ClN3O4/c1-4-14-29-20-9-6-5-8-19(20)26(25(29)34)21(22(31)17-10-12-18(27)13-11-17)23(32)24(33)30(26)16-7-15-28(2)3/h5-6,8-13,31H,4,7,14-16H2,1-3H3/t26-/m0/s1. The van der Waals surface area contributed by atoms with Gasteiger partial charge in [0.2, 0.25) is 0 Å². The number of anilines is 1. The average molecular weight is 482 g/mol. The van der Waals surface area contributed by atoms with Crippen LogP contribution in [0.1, 0.15) is 30.9 Å². The lowest BCUT2D eigenvalue weighted by atomic mass is 9.82. The van der Waals surface area contributed by atoms with E-state index in [-0.39, 0.29) is 17.9 Å². The highest BCUT2D eigenvalue weighted by molar-refractivity contribution is 6.50. The quantitative estimate of drug-likeness (QED) is 0.371. The van der Waals surface area contributed by atoms with Gasteiger partial charge in [-0.3, -0.25) is 14.4 Å². The van der Waals surface area contributed by atoms with E-state index < -0.39 is 23.1 Å². The van der Waals surface area contributed by atoms with E-state index in [4.69, 9.17) is 11.6 Å². The second kappa shape index (κ2) is 9.24. The van der Waals surface area contributed by atoms with Gasteiger partial charge in [0.05, 0.1) is 11.3 Å². The molecule has 0 radical (unpaired) electrons. The van der Waals surface area contributed by atoms with Crippen LogP contribution < -0.4 is 4.90 Å². The molecule has 4 rings (SSSR count). The predicted molar refractivity (Wildman–Crippen MR) is 132 cm³/mol. The van der Waals surface area contributed by atoms with Crippen molar-refractivity contribution in [1.82, 2.24) is 9.80 Å². The number of aliphatic hydroxyl groups is 1. The van der Waals surface area contributed by atoms with Crippen molar-refractivity contribution in [3.05, 3.63) is 70.3 Å². The summed E-state index contributed by atoms with van der Waals surface area (Å²) in [4.78, 5) is 46.0. The molecule has 0 saturated carbocycles. The molecule has 2 aliphatic rings. The van der Waals surface area contributed by atoms with E-state index in [1.807, 2.05) is 38.1 Å². The van der Waals surface area contributed by atoms with Gasteiger partial charge in [0, 0.05) is 29.2 Å². The number of likely N-dealkylation sites (tertiary alicyclic amines) is 1. The van der Waals surface area contributed by atoms with Crippen molar-refractivity contribution >= 4 is 40.6 Å². The molecule has 0 unspecified atom stereocenters. The van der Waals surface area contributed by atoms with Crippen LogP contribution in [-0.2, 0) is 19.9 Å². The first-order valence-corrected chi connectivity index (χ1v) is 11.7.